The Balaban J connectivity index is 1.99. The second kappa shape index (κ2) is 7.48. The number of alkyl carbamates (subject to hydrolysis) is 1. The smallest absolute Gasteiger partial charge is 0.407 e. The van der Waals surface area contributed by atoms with E-state index in [9.17, 15) is 4.79 Å². The third-order valence-corrected chi connectivity index (χ3v) is 4.11. The minimum absolute atomic E-state index is 0.00135. The lowest BCUT2D eigenvalue weighted by Gasteiger charge is -2.32. The molecule has 1 heterocycles. The number of hydrogen-bond donors (Lipinski definition) is 3. The Morgan fingerprint density at radius 3 is 2.52 bits per heavy atom. The van der Waals surface area contributed by atoms with Crippen molar-refractivity contribution in [2.45, 2.75) is 59.7 Å². The maximum atomic E-state index is 11.9. The standard InChI is InChI=1S/C20H31N3O2/c1-19(2,3)16(13-23-18(24)25-20(4,5)6)22-12-15-9-7-8-14-10-11-21-17(14)15/h7-11,16,21-22H,12-13H2,1-6H3,(H,23,24)/t16-/m0/s1. The van der Waals surface area contributed by atoms with Crippen LogP contribution in [0.4, 0.5) is 4.79 Å². The van der Waals surface area contributed by atoms with Gasteiger partial charge >= 0.3 is 6.09 Å². The fourth-order valence-corrected chi connectivity index (χ4v) is 2.71. The molecule has 1 amide bonds. The minimum atomic E-state index is -0.488. The molecule has 2 rings (SSSR count). The Kier molecular flexibility index (Phi) is 5.78. The van der Waals surface area contributed by atoms with E-state index in [1.807, 2.05) is 27.0 Å². The largest absolute Gasteiger partial charge is 0.444 e. The average molecular weight is 345 g/mol. The first kappa shape index (κ1) is 19.3. The molecule has 138 valence electrons. The Labute approximate surface area is 150 Å². The fourth-order valence-electron chi connectivity index (χ4n) is 2.71. The number of carbonyl (C=O) groups excluding carboxylic acids is 1. The lowest BCUT2D eigenvalue weighted by Crippen LogP contribution is -2.49. The number of ether oxygens (including phenoxy) is 1. The molecule has 0 aliphatic carbocycles. The number of aromatic amines is 1. The first-order valence-corrected chi connectivity index (χ1v) is 8.81. The van der Waals surface area contributed by atoms with E-state index in [0.717, 1.165) is 12.1 Å². The molecule has 25 heavy (non-hydrogen) atoms. The van der Waals surface area contributed by atoms with E-state index in [4.69, 9.17) is 4.74 Å². The number of aromatic nitrogens is 1. The van der Waals surface area contributed by atoms with Crippen LogP contribution in [-0.2, 0) is 11.3 Å². The van der Waals surface area contributed by atoms with Gasteiger partial charge in [-0.05, 0) is 43.2 Å². The second-order valence-corrected chi connectivity index (χ2v) is 8.54. The van der Waals surface area contributed by atoms with Crippen LogP contribution in [0.5, 0.6) is 0 Å². The van der Waals surface area contributed by atoms with Crippen molar-refractivity contribution in [2.75, 3.05) is 6.54 Å². The molecule has 0 spiro atoms. The van der Waals surface area contributed by atoms with E-state index in [1.54, 1.807) is 0 Å². The molecule has 1 aromatic carbocycles. The topological polar surface area (TPSA) is 66.2 Å². The molecule has 2 aromatic rings. The van der Waals surface area contributed by atoms with Gasteiger partial charge in [-0.2, -0.15) is 0 Å². The third-order valence-electron chi connectivity index (χ3n) is 4.11. The van der Waals surface area contributed by atoms with Crippen molar-refractivity contribution in [3.05, 3.63) is 36.0 Å². The maximum absolute atomic E-state index is 11.9. The lowest BCUT2D eigenvalue weighted by atomic mass is 9.86. The number of fused-ring (bicyclic) bond motifs is 1. The summed E-state index contributed by atoms with van der Waals surface area (Å²) in [7, 11) is 0. The summed E-state index contributed by atoms with van der Waals surface area (Å²) in [5.74, 6) is 0. The van der Waals surface area contributed by atoms with Gasteiger partial charge in [0.15, 0.2) is 0 Å². The minimum Gasteiger partial charge on any atom is -0.444 e. The number of hydrogen-bond acceptors (Lipinski definition) is 3. The van der Waals surface area contributed by atoms with Crippen LogP contribution in [0.1, 0.15) is 47.1 Å². The van der Waals surface area contributed by atoms with Crippen molar-refractivity contribution < 1.29 is 9.53 Å². The van der Waals surface area contributed by atoms with Crippen LogP contribution in [0.15, 0.2) is 30.5 Å². The van der Waals surface area contributed by atoms with Crippen molar-refractivity contribution >= 4 is 17.0 Å². The van der Waals surface area contributed by atoms with Crippen molar-refractivity contribution in [1.29, 1.82) is 0 Å². The molecule has 1 aromatic heterocycles. The molecule has 0 radical (unpaired) electrons. The zero-order valence-corrected chi connectivity index (χ0v) is 16.2. The van der Waals surface area contributed by atoms with Gasteiger partial charge in [0, 0.05) is 30.8 Å². The van der Waals surface area contributed by atoms with Crippen LogP contribution in [-0.4, -0.2) is 29.3 Å². The summed E-state index contributed by atoms with van der Waals surface area (Å²) in [4.78, 5) is 15.2. The molecule has 0 saturated heterocycles. The third kappa shape index (κ3) is 5.78. The van der Waals surface area contributed by atoms with Crippen LogP contribution in [0.2, 0.25) is 0 Å². The van der Waals surface area contributed by atoms with Gasteiger partial charge in [0.2, 0.25) is 0 Å². The summed E-state index contributed by atoms with van der Waals surface area (Å²) in [6, 6.07) is 8.47. The molecule has 0 unspecified atom stereocenters. The van der Waals surface area contributed by atoms with Gasteiger partial charge in [-0.25, -0.2) is 4.79 Å². The molecule has 0 fully saturated rings. The van der Waals surface area contributed by atoms with Crippen molar-refractivity contribution in [1.82, 2.24) is 15.6 Å². The SMILES string of the molecule is CC(C)(C)OC(=O)NC[C@H](NCc1cccc2cc[nH]c12)C(C)(C)C. The number of carbonyl (C=O) groups is 1. The zero-order chi connectivity index (χ0) is 18.7. The summed E-state index contributed by atoms with van der Waals surface area (Å²) < 4.78 is 5.33. The van der Waals surface area contributed by atoms with Gasteiger partial charge in [0.05, 0.1) is 0 Å². The maximum Gasteiger partial charge on any atom is 0.407 e. The van der Waals surface area contributed by atoms with Crippen molar-refractivity contribution in [3.8, 4) is 0 Å². The predicted molar refractivity (Wildman–Crippen MR) is 103 cm³/mol. The number of rotatable bonds is 5. The van der Waals surface area contributed by atoms with E-state index in [-0.39, 0.29) is 17.6 Å². The average Bonchev–Trinajstić information content (AvgIpc) is 2.92. The van der Waals surface area contributed by atoms with E-state index >= 15 is 0 Å². The van der Waals surface area contributed by atoms with Gasteiger partial charge in [0.25, 0.3) is 0 Å². The van der Waals surface area contributed by atoms with E-state index in [2.05, 4.69) is 60.7 Å². The normalized spacial score (nSPS) is 13.7. The number of H-pyrrole nitrogens is 1. The molecule has 0 saturated carbocycles. The van der Waals surface area contributed by atoms with Gasteiger partial charge in [-0.15, -0.1) is 0 Å². The predicted octanol–water partition coefficient (Wildman–Crippen LogP) is 4.20. The molecule has 0 bridgehead atoms. The quantitative estimate of drug-likeness (QED) is 0.761. The number of benzene rings is 1. The summed E-state index contributed by atoms with van der Waals surface area (Å²) in [6.07, 6.45) is 1.58. The number of nitrogens with one attached hydrogen (secondary N) is 3. The molecular formula is C20H31N3O2. The van der Waals surface area contributed by atoms with E-state index in [1.165, 1.54) is 10.9 Å². The highest BCUT2D eigenvalue weighted by atomic mass is 16.6. The summed E-state index contributed by atoms with van der Waals surface area (Å²) in [5.41, 5.74) is 1.88. The lowest BCUT2D eigenvalue weighted by molar-refractivity contribution is 0.0513. The molecule has 1 atom stereocenters. The molecule has 0 aliphatic heterocycles. The van der Waals surface area contributed by atoms with Crippen molar-refractivity contribution in [2.24, 2.45) is 5.41 Å². The van der Waals surface area contributed by atoms with Crippen LogP contribution >= 0.6 is 0 Å². The summed E-state index contributed by atoms with van der Waals surface area (Å²) in [6.45, 7) is 13.3. The van der Waals surface area contributed by atoms with E-state index in [0.29, 0.717) is 6.54 Å². The summed E-state index contributed by atoms with van der Waals surface area (Å²) >= 11 is 0. The first-order valence-electron chi connectivity index (χ1n) is 8.81. The first-order chi connectivity index (χ1) is 11.6. The monoisotopic (exact) mass is 345 g/mol. The van der Waals surface area contributed by atoms with Gasteiger partial charge in [-0.1, -0.05) is 39.0 Å². The fraction of sp³-hybridized carbons (Fsp3) is 0.550. The van der Waals surface area contributed by atoms with Crippen LogP contribution in [0.25, 0.3) is 10.9 Å². The Morgan fingerprint density at radius 1 is 1.16 bits per heavy atom. The van der Waals surface area contributed by atoms with Crippen LogP contribution in [0, 0.1) is 5.41 Å². The van der Waals surface area contributed by atoms with E-state index < -0.39 is 5.60 Å². The zero-order valence-electron chi connectivity index (χ0n) is 16.2. The van der Waals surface area contributed by atoms with Crippen LogP contribution in [0.3, 0.4) is 0 Å². The van der Waals surface area contributed by atoms with Crippen molar-refractivity contribution in [3.63, 3.8) is 0 Å². The molecule has 3 N–H and O–H groups in total. The Morgan fingerprint density at radius 2 is 1.88 bits per heavy atom. The Hall–Kier alpha value is -2.01. The van der Waals surface area contributed by atoms with Gasteiger partial charge < -0.3 is 20.4 Å². The highest BCUT2D eigenvalue weighted by Crippen LogP contribution is 2.21. The Bertz CT molecular complexity index is 708. The highest BCUT2D eigenvalue weighted by Gasteiger charge is 2.26. The molecule has 5 nitrogen and oxygen atoms in total. The molecular weight excluding hydrogens is 314 g/mol. The second-order valence-electron chi connectivity index (χ2n) is 8.54. The van der Waals surface area contributed by atoms with Gasteiger partial charge in [0.1, 0.15) is 5.60 Å². The highest BCUT2D eigenvalue weighted by molar-refractivity contribution is 5.82. The number of para-hydroxylation sites is 1. The van der Waals surface area contributed by atoms with Gasteiger partial charge in [-0.3, -0.25) is 0 Å². The molecule has 0 aliphatic rings. The molecule has 5 heteroatoms. The van der Waals surface area contributed by atoms with Crippen LogP contribution < -0.4 is 10.6 Å². The summed E-state index contributed by atoms with van der Waals surface area (Å²) in [5, 5.41) is 7.68. The number of amides is 1.